The van der Waals surface area contributed by atoms with Gasteiger partial charge in [-0.3, -0.25) is 4.79 Å². The van der Waals surface area contributed by atoms with E-state index in [2.05, 4.69) is 52.1 Å². The molecule has 1 N–H and O–H groups in total. The maximum Gasteiger partial charge on any atom is 0.291 e. The Balaban J connectivity index is 1.40. The number of anilines is 1. The molecule has 32 heavy (non-hydrogen) atoms. The summed E-state index contributed by atoms with van der Waals surface area (Å²) < 4.78 is 1.75. The molecule has 0 bridgehead atoms. The molecule has 7 nitrogen and oxygen atoms in total. The van der Waals surface area contributed by atoms with Gasteiger partial charge in [-0.1, -0.05) is 45.0 Å². The van der Waals surface area contributed by atoms with E-state index < -0.39 is 0 Å². The first-order valence-corrected chi connectivity index (χ1v) is 11.4. The summed E-state index contributed by atoms with van der Waals surface area (Å²) in [5.41, 5.74) is 3.08. The van der Waals surface area contributed by atoms with Crippen LogP contribution in [0.5, 0.6) is 0 Å². The van der Waals surface area contributed by atoms with Gasteiger partial charge in [0.05, 0.1) is 5.69 Å². The van der Waals surface area contributed by atoms with Gasteiger partial charge < -0.3 is 10.2 Å². The molecule has 1 aliphatic rings. The predicted molar refractivity (Wildman–Crippen MR) is 126 cm³/mol. The molecule has 168 valence electrons. The number of rotatable bonds is 6. The zero-order valence-electron chi connectivity index (χ0n) is 19.4. The molecule has 0 spiro atoms. The molecule has 0 atom stereocenters. The lowest BCUT2D eigenvalue weighted by molar-refractivity contribution is 0.0940. The molecule has 3 aromatic rings. The number of nitrogens with one attached hydrogen (secondary N) is 1. The van der Waals surface area contributed by atoms with Crippen molar-refractivity contribution >= 4 is 11.7 Å². The second-order valence-electron chi connectivity index (χ2n) is 8.98. The Hall–Kier alpha value is -3.22. The van der Waals surface area contributed by atoms with Crippen LogP contribution in [0.3, 0.4) is 0 Å². The third kappa shape index (κ3) is 4.82. The van der Waals surface area contributed by atoms with E-state index in [-0.39, 0.29) is 11.7 Å². The number of hydrogen-bond acceptors (Lipinski definition) is 5. The van der Waals surface area contributed by atoms with Gasteiger partial charge >= 0.3 is 0 Å². The zero-order valence-corrected chi connectivity index (χ0v) is 19.4. The van der Waals surface area contributed by atoms with Crippen LogP contribution >= 0.6 is 0 Å². The predicted octanol–water partition coefficient (Wildman–Crippen LogP) is 4.26. The SMILES string of the molecule is Cc1nc(C(=O)NCc2ccc(N3CCC(C)CC3)nc2)nn1-c1ccccc1C(C)C. The van der Waals surface area contributed by atoms with Crippen molar-refractivity contribution in [3.63, 3.8) is 0 Å². The van der Waals surface area contributed by atoms with Crippen LogP contribution in [0.25, 0.3) is 5.69 Å². The fraction of sp³-hybridized carbons (Fsp3) is 0.440. The van der Waals surface area contributed by atoms with Crippen molar-refractivity contribution < 1.29 is 4.79 Å². The highest BCUT2D eigenvalue weighted by Crippen LogP contribution is 2.23. The molecule has 0 unspecified atom stereocenters. The number of aromatic nitrogens is 4. The topological polar surface area (TPSA) is 75.9 Å². The summed E-state index contributed by atoms with van der Waals surface area (Å²) in [6.45, 7) is 11.0. The second kappa shape index (κ2) is 9.51. The number of nitrogens with zero attached hydrogens (tertiary/aromatic N) is 5. The summed E-state index contributed by atoms with van der Waals surface area (Å²) in [5.74, 6) is 2.71. The van der Waals surface area contributed by atoms with Crippen LogP contribution in [0, 0.1) is 12.8 Å². The van der Waals surface area contributed by atoms with Crippen LogP contribution in [0.2, 0.25) is 0 Å². The number of piperidine rings is 1. The van der Waals surface area contributed by atoms with E-state index in [1.807, 2.05) is 43.5 Å². The monoisotopic (exact) mass is 432 g/mol. The van der Waals surface area contributed by atoms with Gasteiger partial charge in [-0.15, -0.1) is 5.10 Å². The van der Waals surface area contributed by atoms with E-state index >= 15 is 0 Å². The molecule has 7 heteroatoms. The van der Waals surface area contributed by atoms with Crippen LogP contribution in [-0.4, -0.2) is 38.7 Å². The number of amides is 1. The normalized spacial score (nSPS) is 14.7. The third-order valence-corrected chi connectivity index (χ3v) is 6.13. The Morgan fingerprint density at radius 1 is 1.16 bits per heavy atom. The molecule has 3 heterocycles. The Labute approximate surface area is 189 Å². The Kier molecular flexibility index (Phi) is 6.53. The molecule has 0 aliphatic carbocycles. The quantitative estimate of drug-likeness (QED) is 0.630. The second-order valence-corrected chi connectivity index (χ2v) is 8.98. The van der Waals surface area contributed by atoms with E-state index in [4.69, 9.17) is 0 Å². The number of hydrogen-bond donors (Lipinski definition) is 1. The molecule has 0 radical (unpaired) electrons. The van der Waals surface area contributed by atoms with Crippen molar-refractivity contribution in [2.24, 2.45) is 5.92 Å². The van der Waals surface area contributed by atoms with Crippen LogP contribution in [-0.2, 0) is 6.54 Å². The van der Waals surface area contributed by atoms with Crippen LogP contribution in [0.15, 0.2) is 42.6 Å². The van der Waals surface area contributed by atoms with Gasteiger partial charge in [0.2, 0.25) is 5.82 Å². The van der Waals surface area contributed by atoms with Gasteiger partial charge in [0.1, 0.15) is 11.6 Å². The minimum atomic E-state index is -0.289. The summed E-state index contributed by atoms with van der Waals surface area (Å²) in [7, 11) is 0. The molecule has 0 saturated carbocycles. The Morgan fingerprint density at radius 3 is 2.59 bits per heavy atom. The van der Waals surface area contributed by atoms with Gasteiger partial charge in [0.25, 0.3) is 5.91 Å². The summed E-state index contributed by atoms with van der Waals surface area (Å²) in [6.07, 6.45) is 4.25. The summed E-state index contributed by atoms with van der Waals surface area (Å²) in [6, 6.07) is 12.2. The zero-order chi connectivity index (χ0) is 22.7. The van der Waals surface area contributed by atoms with E-state index in [0.717, 1.165) is 36.1 Å². The maximum atomic E-state index is 12.7. The standard InChI is InChI=1S/C25H32N6O/c1-17(2)21-7-5-6-8-22(21)31-19(4)28-24(29-31)25(32)27-16-20-9-10-23(26-15-20)30-13-11-18(3)12-14-30/h5-10,15,17-18H,11-14,16H2,1-4H3,(H,27,32). The molecule has 4 rings (SSSR count). The van der Waals surface area contributed by atoms with Crippen molar-refractivity contribution in [2.75, 3.05) is 18.0 Å². The molecule has 1 aliphatic heterocycles. The lowest BCUT2D eigenvalue weighted by atomic mass is 9.99. The first kappa shape index (κ1) is 22.0. The molecular formula is C25H32N6O. The van der Waals surface area contributed by atoms with Crippen LogP contribution < -0.4 is 10.2 Å². The number of pyridine rings is 1. The fourth-order valence-corrected chi connectivity index (χ4v) is 4.09. The average Bonchev–Trinajstić information content (AvgIpc) is 3.20. The number of carbonyl (C=O) groups is 1. The van der Waals surface area contributed by atoms with E-state index in [0.29, 0.717) is 18.3 Å². The first-order valence-electron chi connectivity index (χ1n) is 11.4. The average molecular weight is 433 g/mol. The van der Waals surface area contributed by atoms with Crippen molar-refractivity contribution in [1.82, 2.24) is 25.1 Å². The molecule has 1 saturated heterocycles. The Bertz CT molecular complexity index is 1060. The highest BCUT2D eigenvalue weighted by Gasteiger charge is 2.19. The van der Waals surface area contributed by atoms with Gasteiger partial charge in [-0.05, 0) is 54.9 Å². The highest BCUT2D eigenvalue weighted by atomic mass is 16.2. The number of carbonyl (C=O) groups excluding carboxylic acids is 1. The van der Waals surface area contributed by atoms with Crippen molar-refractivity contribution in [3.8, 4) is 5.69 Å². The molecule has 1 amide bonds. The summed E-state index contributed by atoms with van der Waals surface area (Å²) in [4.78, 5) is 24.0. The minimum absolute atomic E-state index is 0.174. The fourth-order valence-electron chi connectivity index (χ4n) is 4.09. The minimum Gasteiger partial charge on any atom is -0.357 e. The summed E-state index contributed by atoms with van der Waals surface area (Å²) >= 11 is 0. The van der Waals surface area contributed by atoms with Gasteiger partial charge in [0, 0.05) is 25.8 Å². The largest absolute Gasteiger partial charge is 0.357 e. The van der Waals surface area contributed by atoms with Crippen LogP contribution in [0.1, 0.15) is 67.1 Å². The Morgan fingerprint density at radius 2 is 1.91 bits per heavy atom. The summed E-state index contributed by atoms with van der Waals surface area (Å²) in [5, 5.41) is 7.41. The molecule has 2 aromatic heterocycles. The number of aryl methyl sites for hydroxylation is 1. The van der Waals surface area contributed by atoms with E-state index in [1.54, 1.807) is 4.68 Å². The van der Waals surface area contributed by atoms with Gasteiger partial charge in [-0.2, -0.15) is 0 Å². The lowest BCUT2D eigenvalue weighted by Crippen LogP contribution is -2.33. The van der Waals surface area contributed by atoms with Crippen molar-refractivity contribution in [3.05, 3.63) is 65.4 Å². The van der Waals surface area contributed by atoms with Gasteiger partial charge in [0.15, 0.2) is 0 Å². The maximum absolute atomic E-state index is 12.7. The van der Waals surface area contributed by atoms with Crippen molar-refractivity contribution in [2.45, 2.75) is 53.0 Å². The number of para-hydroxylation sites is 1. The third-order valence-electron chi connectivity index (χ3n) is 6.13. The molecule has 1 aromatic carbocycles. The molecule has 1 fully saturated rings. The smallest absolute Gasteiger partial charge is 0.291 e. The van der Waals surface area contributed by atoms with E-state index in [9.17, 15) is 4.79 Å². The first-order chi connectivity index (χ1) is 15.4. The number of benzene rings is 1. The van der Waals surface area contributed by atoms with E-state index in [1.165, 1.54) is 18.4 Å². The highest BCUT2D eigenvalue weighted by molar-refractivity contribution is 5.90. The van der Waals surface area contributed by atoms with Gasteiger partial charge in [-0.25, -0.2) is 14.6 Å². The molecular weight excluding hydrogens is 400 g/mol. The van der Waals surface area contributed by atoms with Crippen LogP contribution in [0.4, 0.5) is 5.82 Å². The lowest BCUT2D eigenvalue weighted by Gasteiger charge is -2.31. The van der Waals surface area contributed by atoms with Crippen molar-refractivity contribution in [1.29, 1.82) is 0 Å².